The maximum absolute atomic E-state index is 11.1. The first-order valence-electron chi connectivity index (χ1n) is 9.39. The molecule has 0 aromatic rings. The van der Waals surface area contributed by atoms with Gasteiger partial charge < -0.3 is 0 Å². The second-order valence-corrected chi connectivity index (χ2v) is 7.52. The van der Waals surface area contributed by atoms with E-state index in [2.05, 4.69) is 42.5 Å². The maximum atomic E-state index is 11.1. The van der Waals surface area contributed by atoms with Gasteiger partial charge in [0.05, 0.1) is 0 Å². The first-order chi connectivity index (χ1) is 12.0. The van der Waals surface area contributed by atoms with Crippen molar-refractivity contribution in [1.82, 2.24) is 4.72 Å². The van der Waals surface area contributed by atoms with Crippen LogP contribution in [0.5, 0.6) is 0 Å². The summed E-state index contributed by atoms with van der Waals surface area (Å²) < 4.78 is 24.7. The number of rotatable bonds is 16. The van der Waals surface area contributed by atoms with Gasteiger partial charge in [0.15, 0.2) is 0 Å². The molecule has 0 aliphatic rings. The summed E-state index contributed by atoms with van der Waals surface area (Å²) in [6.45, 7) is 5.81. The van der Waals surface area contributed by atoms with E-state index >= 15 is 0 Å². The summed E-state index contributed by atoms with van der Waals surface area (Å²) in [6.07, 6.45) is 25.2. The van der Waals surface area contributed by atoms with Crippen LogP contribution < -0.4 is 9.86 Å². The predicted octanol–water partition coefficient (Wildman–Crippen LogP) is 4.92. The fourth-order valence-corrected chi connectivity index (χ4v) is 3.02. The smallest absolute Gasteiger partial charge is 0.216 e. The lowest BCUT2D eigenvalue weighted by Gasteiger charge is -2.11. The fraction of sp³-hybridized carbons (Fsp3) is 0.600. The first-order valence-corrected chi connectivity index (χ1v) is 10.9. The Morgan fingerprint density at radius 1 is 0.960 bits per heavy atom. The summed E-state index contributed by atoms with van der Waals surface area (Å²) in [5, 5.41) is 5.03. The lowest BCUT2D eigenvalue weighted by atomic mass is 10.1. The van der Waals surface area contributed by atoms with E-state index in [-0.39, 0.29) is 6.04 Å². The summed E-state index contributed by atoms with van der Waals surface area (Å²) in [4.78, 5) is 0. The molecular weight excluding hydrogens is 332 g/mol. The lowest BCUT2D eigenvalue weighted by molar-refractivity contribution is 0.565. The molecular formula is C20H36N2O2S. The summed E-state index contributed by atoms with van der Waals surface area (Å²) in [5.41, 5.74) is 0. The Bertz CT molecular complexity index is 508. The van der Waals surface area contributed by atoms with Gasteiger partial charge >= 0.3 is 0 Å². The fourth-order valence-electron chi connectivity index (χ4n) is 2.40. The van der Waals surface area contributed by atoms with E-state index in [1.54, 1.807) is 18.2 Å². The molecule has 0 radical (unpaired) electrons. The SMILES string of the molecule is C=C/C=C\C(CC/C=C\CCCC/C=C\CCCCC)NS(N)(=O)=O. The summed E-state index contributed by atoms with van der Waals surface area (Å²) in [7, 11) is -3.69. The van der Waals surface area contributed by atoms with E-state index in [0.29, 0.717) is 6.42 Å². The Morgan fingerprint density at radius 3 is 1.96 bits per heavy atom. The van der Waals surface area contributed by atoms with Crippen molar-refractivity contribution in [3.8, 4) is 0 Å². The van der Waals surface area contributed by atoms with Crippen molar-refractivity contribution >= 4 is 10.2 Å². The van der Waals surface area contributed by atoms with Gasteiger partial charge in [0, 0.05) is 6.04 Å². The van der Waals surface area contributed by atoms with Crippen LogP contribution in [0, 0.1) is 0 Å². The van der Waals surface area contributed by atoms with Crippen LogP contribution in [0.2, 0.25) is 0 Å². The predicted molar refractivity (Wildman–Crippen MR) is 109 cm³/mol. The molecule has 0 aliphatic heterocycles. The Hall–Kier alpha value is -1.17. The lowest BCUT2D eigenvalue weighted by Crippen LogP contribution is -2.38. The molecule has 0 aliphatic carbocycles. The van der Waals surface area contributed by atoms with E-state index in [1.807, 2.05) is 0 Å². The minimum Gasteiger partial charge on any atom is -0.216 e. The van der Waals surface area contributed by atoms with Crippen LogP contribution in [0.3, 0.4) is 0 Å². The van der Waals surface area contributed by atoms with Gasteiger partial charge in [0.2, 0.25) is 0 Å². The van der Waals surface area contributed by atoms with Crippen molar-refractivity contribution in [2.75, 3.05) is 0 Å². The first kappa shape index (κ1) is 23.8. The van der Waals surface area contributed by atoms with Crippen LogP contribution in [-0.2, 0) is 10.2 Å². The minimum absolute atomic E-state index is 0.296. The van der Waals surface area contributed by atoms with E-state index in [4.69, 9.17) is 5.14 Å². The number of hydrogen-bond donors (Lipinski definition) is 2. The second kappa shape index (κ2) is 16.3. The molecule has 0 bridgehead atoms. The molecule has 0 spiro atoms. The van der Waals surface area contributed by atoms with Gasteiger partial charge in [0.1, 0.15) is 0 Å². The molecule has 5 heteroatoms. The second-order valence-electron chi connectivity index (χ2n) is 6.19. The monoisotopic (exact) mass is 368 g/mol. The largest absolute Gasteiger partial charge is 0.274 e. The molecule has 0 saturated heterocycles. The van der Waals surface area contributed by atoms with E-state index < -0.39 is 10.2 Å². The maximum Gasteiger partial charge on any atom is 0.274 e. The Kier molecular flexibility index (Phi) is 15.5. The highest BCUT2D eigenvalue weighted by Crippen LogP contribution is 2.06. The third-order valence-corrected chi connectivity index (χ3v) is 4.37. The molecule has 144 valence electrons. The molecule has 4 nitrogen and oxygen atoms in total. The van der Waals surface area contributed by atoms with Crippen LogP contribution in [0.1, 0.15) is 71.1 Å². The van der Waals surface area contributed by atoms with Crippen molar-refractivity contribution < 1.29 is 8.42 Å². The molecule has 3 N–H and O–H groups in total. The van der Waals surface area contributed by atoms with Crippen molar-refractivity contribution in [1.29, 1.82) is 0 Å². The highest BCUT2D eigenvalue weighted by atomic mass is 32.2. The molecule has 0 amide bonds. The van der Waals surface area contributed by atoms with Crippen LogP contribution >= 0.6 is 0 Å². The molecule has 0 saturated carbocycles. The number of hydrogen-bond acceptors (Lipinski definition) is 2. The van der Waals surface area contributed by atoms with Gasteiger partial charge in [0.25, 0.3) is 10.2 Å². The normalized spacial score (nSPS) is 14.0. The molecule has 1 unspecified atom stereocenters. The molecule has 0 aromatic heterocycles. The quantitative estimate of drug-likeness (QED) is 0.230. The Balaban J connectivity index is 3.78. The third-order valence-electron chi connectivity index (χ3n) is 3.74. The number of unbranched alkanes of at least 4 members (excludes halogenated alkanes) is 6. The number of allylic oxidation sites excluding steroid dienone is 6. The van der Waals surface area contributed by atoms with Crippen molar-refractivity contribution in [3.63, 3.8) is 0 Å². The molecule has 0 fully saturated rings. The third kappa shape index (κ3) is 19.0. The molecule has 25 heavy (non-hydrogen) atoms. The van der Waals surface area contributed by atoms with Gasteiger partial charge in [-0.1, -0.05) is 68.9 Å². The standard InChI is InChI=1S/C20H36N2O2S/c1-3-5-7-8-9-10-11-12-13-14-15-16-17-19-20(18-6-4-2)22-25(21,23)24/h4,6,9-10,15-16,18,20,22H,2-3,5,7-8,11-14,17,19H2,1H3,(H2,21,23,24)/b10-9-,16-15-,18-6-. The van der Waals surface area contributed by atoms with E-state index in [1.165, 1.54) is 38.5 Å². The van der Waals surface area contributed by atoms with E-state index in [0.717, 1.165) is 19.3 Å². The molecule has 0 aromatic carbocycles. The zero-order chi connectivity index (χ0) is 18.8. The van der Waals surface area contributed by atoms with Crippen molar-refractivity contribution in [2.45, 2.75) is 77.2 Å². The topological polar surface area (TPSA) is 72.2 Å². The van der Waals surface area contributed by atoms with Crippen LogP contribution in [0.25, 0.3) is 0 Å². The Morgan fingerprint density at radius 2 is 1.48 bits per heavy atom. The zero-order valence-electron chi connectivity index (χ0n) is 15.7. The highest BCUT2D eigenvalue weighted by Gasteiger charge is 2.09. The average Bonchev–Trinajstić information content (AvgIpc) is 2.55. The Labute approximate surface area is 155 Å². The highest BCUT2D eigenvalue weighted by molar-refractivity contribution is 7.87. The van der Waals surface area contributed by atoms with Gasteiger partial charge in [-0.05, 0) is 51.4 Å². The van der Waals surface area contributed by atoms with Gasteiger partial charge in [-0.3, -0.25) is 0 Å². The summed E-state index contributed by atoms with van der Waals surface area (Å²) in [6, 6.07) is -0.296. The van der Waals surface area contributed by atoms with Crippen LogP contribution in [0.15, 0.2) is 49.1 Å². The van der Waals surface area contributed by atoms with Crippen LogP contribution in [-0.4, -0.2) is 14.5 Å². The number of nitrogens with two attached hydrogens (primary N) is 1. The van der Waals surface area contributed by atoms with Gasteiger partial charge in [-0.15, -0.1) is 0 Å². The molecule has 0 heterocycles. The van der Waals surface area contributed by atoms with E-state index in [9.17, 15) is 8.42 Å². The molecule has 0 rings (SSSR count). The minimum atomic E-state index is -3.69. The van der Waals surface area contributed by atoms with Crippen molar-refractivity contribution in [3.05, 3.63) is 49.1 Å². The number of nitrogens with one attached hydrogen (secondary N) is 1. The average molecular weight is 369 g/mol. The zero-order valence-corrected chi connectivity index (χ0v) is 16.5. The summed E-state index contributed by atoms with van der Waals surface area (Å²) in [5.74, 6) is 0. The summed E-state index contributed by atoms with van der Waals surface area (Å²) >= 11 is 0. The molecule has 1 atom stereocenters. The van der Waals surface area contributed by atoms with Gasteiger partial charge in [-0.25, -0.2) is 5.14 Å². The van der Waals surface area contributed by atoms with Crippen LogP contribution in [0.4, 0.5) is 0 Å². The van der Waals surface area contributed by atoms with Crippen molar-refractivity contribution in [2.24, 2.45) is 5.14 Å². The van der Waals surface area contributed by atoms with Gasteiger partial charge in [-0.2, -0.15) is 13.1 Å².